The van der Waals surface area contributed by atoms with Crippen LogP contribution in [-0.2, 0) is 14.3 Å². The van der Waals surface area contributed by atoms with E-state index < -0.39 is 0 Å². The minimum absolute atomic E-state index is 0.245. The lowest BCUT2D eigenvalue weighted by atomic mass is 10.0. The predicted molar refractivity (Wildman–Crippen MR) is 69.4 cm³/mol. The molecule has 4 heteroatoms. The van der Waals surface area contributed by atoms with Crippen LogP contribution in [0, 0.1) is 0 Å². The van der Waals surface area contributed by atoms with E-state index in [-0.39, 0.29) is 12.0 Å². The summed E-state index contributed by atoms with van der Waals surface area (Å²) in [6, 6.07) is 0.407. The molecule has 0 N–H and O–H groups in total. The minimum Gasteiger partial charge on any atom is -0.378 e. The van der Waals surface area contributed by atoms with Crippen molar-refractivity contribution in [3.8, 4) is 0 Å². The summed E-state index contributed by atoms with van der Waals surface area (Å²) in [5.41, 5.74) is 0. The monoisotopic (exact) mass is 255 g/mol. The smallest absolute Gasteiger partial charge is 0.225 e. The Labute approximate surface area is 110 Å². The fourth-order valence-corrected chi connectivity index (χ4v) is 2.76. The Morgan fingerprint density at radius 2 is 2.22 bits per heavy atom. The predicted octanol–water partition coefficient (Wildman–Crippen LogP) is 1.97. The second-order valence-electron chi connectivity index (χ2n) is 5.39. The van der Waals surface area contributed by atoms with E-state index in [0.717, 1.165) is 38.8 Å². The van der Waals surface area contributed by atoms with Crippen LogP contribution in [0.25, 0.3) is 0 Å². The van der Waals surface area contributed by atoms with Gasteiger partial charge in [0.05, 0.1) is 25.7 Å². The van der Waals surface area contributed by atoms with Gasteiger partial charge in [-0.05, 0) is 39.0 Å². The first-order chi connectivity index (χ1) is 8.77. The van der Waals surface area contributed by atoms with Crippen molar-refractivity contribution < 1.29 is 14.3 Å². The highest BCUT2D eigenvalue weighted by Gasteiger charge is 2.22. The molecule has 0 spiro atoms. The first-order valence-electron chi connectivity index (χ1n) is 7.26. The van der Waals surface area contributed by atoms with Crippen molar-refractivity contribution in [3.63, 3.8) is 0 Å². The highest BCUT2D eigenvalue weighted by Crippen LogP contribution is 2.17. The lowest BCUT2D eigenvalue weighted by molar-refractivity contribution is -0.135. The highest BCUT2D eigenvalue weighted by atomic mass is 16.5. The molecule has 2 saturated heterocycles. The molecule has 104 valence electrons. The van der Waals surface area contributed by atoms with Crippen molar-refractivity contribution >= 4 is 5.91 Å². The van der Waals surface area contributed by atoms with Crippen molar-refractivity contribution in [3.05, 3.63) is 0 Å². The van der Waals surface area contributed by atoms with Crippen LogP contribution in [0.4, 0.5) is 0 Å². The highest BCUT2D eigenvalue weighted by molar-refractivity contribution is 5.76. The van der Waals surface area contributed by atoms with E-state index >= 15 is 0 Å². The zero-order chi connectivity index (χ0) is 12.8. The van der Waals surface area contributed by atoms with Gasteiger partial charge in [0.25, 0.3) is 0 Å². The third kappa shape index (κ3) is 3.95. The number of nitrogens with zero attached hydrogens (tertiary/aromatic N) is 1. The Balaban J connectivity index is 1.58. The van der Waals surface area contributed by atoms with Gasteiger partial charge < -0.3 is 14.4 Å². The van der Waals surface area contributed by atoms with E-state index in [1.165, 1.54) is 6.42 Å². The molecule has 0 aliphatic carbocycles. The minimum atomic E-state index is 0.245. The maximum absolute atomic E-state index is 12.0. The molecule has 1 amide bonds. The van der Waals surface area contributed by atoms with E-state index in [1.807, 2.05) is 4.90 Å². The topological polar surface area (TPSA) is 38.8 Å². The summed E-state index contributed by atoms with van der Waals surface area (Å²) in [5, 5.41) is 0. The third-order valence-corrected chi connectivity index (χ3v) is 3.91. The molecule has 0 unspecified atom stereocenters. The van der Waals surface area contributed by atoms with Crippen LogP contribution in [0.5, 0.6) is 0 Å². The third-order valence-electron chi connectivity index (χ3n) is 3.91. The summed E-state index contributed by atoms with van der Waals surface area (Å²) in [6.07, 6.45) is 6.54. The van der Waals surface area contributed by atoms with Gasteiger partial charge in [-0.25, -0.2) is 0 Å². The number of amides is 1. The number of likely N-dealkylation sites (tertiary alicyclic amines) is 1. The average molecular weight is 255 g/mol. The summed E-state index contributed by atoms with van der Waals surface area (Å²) < 4.78 is 11.0. The second kappa shape index (κ2) is 7.10. The summed E-state index contributed by atoms with van der Waals surface area (Å²) >= 11 is 0. The summed E-state index contributed by atoms with van der Waals surface area (Å²) in [7, 11) is 0. The van der Waals surface area contributed by atoms with Gasteiger partial charge in [0, 0.05) is 19.2 Å². The van der Waals surface area contributed by atoms with Crippen molar-refractivity contribution in [1.29, 1.82) is 0 Å². The number of ether oxygens (including phenoxy) is 2. The molecule has 2 aliphatic rings. The lowest BCUT2D eigenvalue weighted by Gasteiger charge is -2.33. The molecule has 18 heavy (non-hydrogen) atoms. The Morgan fingerprint density at radius 3 is 2.94 bits per heavy atom. The molecule has 0 aromatic carbocycles. The molecule has 0 bridgehead atoms. The molecule has 0 saturated carbocycles. The SMILES string of the molecule is C[C@@H]1CCCCN1C(=O)CCOC[C@@H]1CCCO1. The quantitative estimate of drug-likeness (QED) is 0.705. The first-order valence-corrected chi connectivity index (χ1v) is 7.26. The molecule has 0 aromatic heterocycles. The van der Waals surface area contributed by atoms with Crippen LogP contribution < -0.4 is 0 Å². The number of hydrogen-bond acceptors (Lipinski definition) is 3. The number of carbonyl (C=O) groups excluding carboxylic acids is 1. The Hall–Kier alpha value is -0.610. The molecule has 4 nitrogen and oxygen atoms in total. The first kappa shape index (κ1) is 13.8. The van der Waals surface area contributed by atoms with Crippen LogP contribution in [-0.4, -0.2) is 49.3 Å². The molecule has 2 atom stereocenters. The molecule has 0 radical (unpaired) electrons. The van der Waals surface area contributed by atoms with E-state index in [9.17, 15) is 4.79 Å². The van der Waals surface area contributed by atoms with Crippen LogP contribution in [0.1, 0.15) is 45.4 Å². The van der Waals surface area contributed by atoms with Crippen molar-refractivity contribution in [2.45, 2.75) is 57.6 Å². The van der Waals surface area contributed by atoms with Gasteiger partial charge in [-0.3, -0.25) is 4.79 Å². The Bertz CT molecular complexity index is 264. The second-order valence-corrected chi connectivity index (χ2v) is 5.39. The van der Waals surface area contributed by atoms with Gasteiger partial charge in [0.15, 0.2) is 0 Å². The summed E-state index contributed by atoms with van der Waals surface area (Å²) in [5.74, 6) is 0.245. The normalized spacial score (nSPS) is 28.6. The summed E-state index contributed by atoms with van der Waals surface area (Å²) in [6.45, 7) is 5.10. The van der Waals surface area contributed by atoms with Crippen LogP contribution in [0.3, 0.4) is 0 Å². The molecule has 2 fully saturated rings. The Morgan fingerprint density at radius 1 is 1.33 bits per heavy atom. The fourth-order valence-electron chi connectivity index (χ4n) is 2.76. The van der Waals surface area contributed by atoms with E-state index in [0.29, 0.717) is 25.7 Å². The van der Waals surface area contributed by atoms with Gasteiger partial charge in [0.1, 0.15) is 0 Å². The number of hydrogen-bond donors (Lipinski definition) is 0. The van der Waals surface area contributed by atoms with Gasteiger partial charge in [-0.15, -0.1) is 0 Å². The van der Waals surface area contributed by atoms with Crippen molar-refractivity contribution in [1.82, 2.24) is 4.90 Å². The van der Waals surface area contributed by atoms with Crippen molar-refractivity contribution in [2.24, 2.45) is 0 Å². The van der Waals surface area contributed by atoms with E-state index in [2.05, 4.69) is 6.92 Å². The zero-order valence-corrected chi connectivity index (χ0v) is 11.4. The van der Waals surface area contributed by atoms with Crippen LogP contribution >= 0.6 is 0 Å². The average Bonchev–Trinajstić information content (AvgIpc) is 2.88. The maximum atomic E-state index is 12.0. The van der Waals surface area contributed by atoms with Crippen molar-refractivity contribution in [2.75, 3.05) is 26.4 Å². The van der Waals surface area contributed by atoms with Gasteiger partial charge in [-0.2, -0.15) is 0 Å². The van der Waals surface area contributed by atoms with Gasteiger partial charge in [-0.1, -0.05) is 0 Å². The summed E-state index contributed by atoms with van der Waals surface area (Å²) in [4.78, 5) is 14.0. The van der Waals surface area contributed by atoms with Gasteiger partial charge in [0.2, 0.25) is 5.91 Å². The van der Waals surface area contributed by atoms with E-state index in [1.54, 1.807) is 0 Å². The fraction of sp³-hybridized carbons (Fsp3) is 0.929. The van der Waals surface area contributed by atoms with Crippen LogP contribution in [0.2, 0.25) is 0 Å². The molecule has 0 aromatic rings. The zero-order valence-electron chi connectivity index (χ0n) is 11.4. The lowest BCUT2D eigenvalue weighted by Crippen LogP contribution is -2.42. The number of carbonyl (C=O) groups is 1. The largest absolute Gasteiger partial charge is 0.378 e. The number of piperidine rings is 1. The molecule has 2 rings (SSSR count). The molecule has 2 aliphatic heterocycles. The maximum Gasteiger partial charge on any atom is 0.225 e. The number of rotatable bonds is 5. The molecular formula is C14H25NO3. The standard InChI is InChI=1S/C14H25NO3/c1-12-5-2-3-8-15(12)14(16)7-10-17-11-13-6-4-9-18-13/h12-13H,2-11H2,1H3/t12-,13+/m1/s1. The van der Waals surface area contributed by atoms with E-state index in [4.69, 9.17) is 9.47 Å². The molecular weight excluding hydrogens is 230 g/mol. The van der Waals surface area contributed by atoms with Gasteiger partial charge >= 0.3 is 0 Å². The molecule has 2 heterocycles. The van der Waals surface area contributed by atoms with Crippen LogP contribution in [0.15, 0.2) is 0 Å². The Kier molecular flexibility index (Phi) is 5.45.